The molecule has 0 aliphatic carbocycles. The highest BCUT2D eigenvalue weighted by Gasteiger charge is 2.29. The first-order valence-electron chi connectivity index (χ1n) is 9.12. The van der Waals surface area contributed by atoms with Crippen molar-refractivity contribution in [1.82, 2.24) is 4.72 Å². The summed E-state index contributed by atoms with van der Waals surface area (Å²) in [6.45, 7) is 0. The number of nitrogens with one attached hydrogen (secondary N) is 3. The van der Waals surface area contributed by atoms with Crippen molar-refractivity contribution < 1.29 is 25.3 Å². The Morgan fingerprint density at radius 2 is 1.17 bits per heavy atom. The lowest BCUT2D eigenvalue weighted by Crippen LogP contribution is -2.19. The van der Waals surface area contributed by atoms with Gasteiger partial charge in [-0.25, -0.2) is 24.0 Å². The van der Waals surface area contributed by atoms with Gasteiger partial charge in [-0.3, -0.25) is 0 Å². The molecular weight excluding hydrogens is 518 g/mol. The lowest BCUT2D eigenvalue weighted by molar-refractivity contribution is 0.591. The molecule has 0 unspecified atom stereocenters. The van der Waals surface area contributed by atoms with E-state index >= 15 is 0 Å². The quantitative estimate of drug-likeness (QED) is 0.0941. The molecule has 0 amide bonds. The third-order valence-electron chi connectivity index (χ3n) is 5.17. The van der Waals surface area contributed by atoms with Crippen LogP contribution in [0.25, 0.3) is 32.3 Å². The van der Waals surface area contributed by atoms with Gasteiger partial charge in [0.05, 0.1) is 14.7 Å². The average molecular weight is 530 g/mol. The van der Waals surface area contributed by atoms with Crippen molar-refractivity contribution in [3.05, 3.63) is 36.4 Å². The van der Waals surface area contributed by atoms with Crippen LogP contribution in [-0.2, 0) is 30.1 Å². The summed E-state index contributed by atoms with van der Waals surface area (Å²) in [6.07, 6.45) is 1.28. The van der Waals surface area contributed by atoms with E-state index in [1.165, 1.54) is 42.5 Å². The van der Waals surface area contributed by atoms with E-state index in [1.54, 1.807) is 4.72 Å². The number of sulfonamides is 3. The molecule has 4 aromatic rings. The highest BCUT2D eigenvalue weighted by molar-refractivity contribution is 7.91. The number of benzene rings is 4. The van der Waals surface area contributed by atoms with Gasteiger partial charge in [-0.05, 0) is 12.1 Å². The molecule has 0 aliphatic heterocycles. The first kappa shape index (κ1) is 23.8. The smallest absolute Gasteiger partial charge is 0.292 e. The summed E-state index contributed by atoms with van der Waals surface area (Å²) in [5, 5.41) is 23.1. The zero-order valence-electron chi connectivity index (χ0n) is 17.1. The zero-order chi connectivity index (χ0) is 25.8. The van der Waals surface area contributed by atoms with Crippen LogP contribution in [0, 0.1) is 22.3 Å². The van der Waals surface area contributed by atoms with Gasteiger partial charge in [0.1, 0.15) is 12.0 Å². The Morgan fingerprint density at radius 3 is 1.66 bits per heavy atom. The molecule has 4 rings (SSSR count). The van der Waals surface area contributed by atoms with Crippen molar-refractivity contribution in [3.8, 4) is 6.19 Å². The number of nitrogen functional groups attached to an aromatic ring is 1. The number of hydrogen-bond acceptors (Lipinski definition) is 10. The number of rotatable bonds is 6. The van der Waals surface area contributed by atoms with E-state index < -0.39 is 44.8 Å². The summed E-state index contributed by atoms with van der Waals surface area (Å²) < 4.78 is 84.3. The molecule has 5 N–H and O–H groups in total. The van der Waals surface area contributed by atoms with Gasteiger partial charge in [0.25, 0.3) is 30.1 Å². The zero-order valence-corrected chi connectivity index (χ0v) is 19.5. The van der Waals surface area contributed by atoms with Crippen LogP contribution in [0.4, 0.5) is 5.69 Å². The maximum atomic E-state index is 12.8. The minimum atomic E-state index is -4.64. The van der Waals surface area contributed by atoms with E-state index in [1.807, 2.05) is 0 Å². The number of nitriles is 1. The summed E-state index contributed by atoms with van der Waals surface area (Å²) in [5.41, 5.74) is 6.04. The molecule has 176 valence electrons. The largest absolute Gasteiger partial charge is 0.398 e. The molecule has 0 heterocycles. The van der Waals surface area contributed by atoms with Crippen LogP contribution in [0.1, 0.15) is 0 Å². The molecule has 0 saturated heterocycles. The molecule has 4 aromatic carbocycles. The summed E-state index contributed by atoms with van der Waals surface area (Å²) in [7, 11) is -13.7. The first-order chi connectivity index (χ1) is 16.4. The average Bonchev–Trinajstić information content (AvgIpc) is 2.77. The maximum absolute atomic E-state index is 12.8. The van der Waals surface area contributed by atoms with Crippen LogP contribution in [0.5, 0.6) is 0 Å². The van der Waals surface area contributed by atoms with Crippen molar-refractivity contribution in [1.29, 1.82) is 16.1 Å². The fourth-order valence-electron chi connectivity index (χ4n) is 3.91. The fraction of sp³-hybridized carbons (Fsp3) is 0. The van der Waals surface area contributed by atoms with Crippen LogP contribution >= 0.6 is 0 Å². The number of nitrogens with zero attached hydrogens (tertiary/aromatic N) is 3. The summed E-state index contributed by atoms with van der Waals surface area (Å²) in [6, 6.07) is 10.0. The Balaban J connectivity index is 2.40. The van der Waals surface area contributed by atoms with Crippen molar-refractivity contribution in [2.45, 2.75) is 14.7 Å². The van der Waals surface area contributed by atoms with Crippen LogP contribution in [0.3, 0.4) is 0 Å². The predicted octanol–water partition coefficient (Wildman–Crippen LogP) is 1.81. The Bertz CT molecular complexity index is 2050. The molecule has 0 saturated carbocycles. The van der Waals surface area contributed by atoms with Gasteiger partial charge in [0.2, 0.25) is 0 Å². The molecule has 0 radical (unpaired) electrons. The highest BCUT2D eigenvalue weighted by Crippen LogP contribution is 2.44. The van der Waals surface area contributed by atoms with Crippen LogP contribution < -0.4 is 10.5 Å². The van der Waals surface area contributed by atoms with Crippen molar-refractivity contribution in [2.75, 3.05) is 5.73 Å². The van der Waals surface area contributed by atoms with E-state index in [0.29, 0.717) is 0 Å². The Kier molecular flexibility index (Phi) is 5.33. The van der Waals surface area contributed by atoms with E-state index in [9.17, 15) is 25.3 Å². The molecule has 0 bridgehead atoms. The minimum absolute atomic E-state index is 0.00199. The van der Waals surface area contributed by atoms with Crippen LogP contribution in [0.2, 0.25) is 0 Å². The SMILES string of the molecule is N#CNS(=O)(=O)c1cc(S(=O)(=O)N=C=N)c2ccc3c(S(=O)(=O)N=C=N)cc(N)c4ccc1c2c43. The molecular formula is C19H11N7O6S3. The van der Waals surface area contributed by atoms with Gasteiger partial charge in [-0.2, -0.15) is 22.1 Å². The molecule has 35 heavy (non-hydrogen) atoms. The van der Waals surface area contributed by atoms with Crippen molar-refractivity contribution in [2.24, 2.45) is 8.80 Å². The second-order valence-electron chi connectivity index (χ2n) is 6.98. The predicted molar refractivity (Wildman–Crippen MR) is 125 cm³/mol. The second-order valence-corrected chi connectivity index (χ2v) is 11.8. The maximum Gasteiger partial charge on any atom is 0.292 e. The van der Waals surface area contributed by atoms with Gasteiger partial charge in [0, 0.05) is 38.0 Å². The van der Waals surface area contributed by atoms with Gasteiger partial charge >= 0.3 is 0 Å². The highest BCUT2D eigenvalue weighted by atomic mass is 32.2. The molecule has 0 aromatic heterocycles. The number of anilines is 1. The molecule has 0 spiro atoms. The lowest BCUT2D eigenvalue weighted by Gasteiger charge is -2.18. The van der Waals surface area contributed by atoms with E-state index in [2.05, 4.69) is 8.80 Å². The fourth-order valence-corrected chi connectivity index (χ4v) is 6.82. The first-order valence-corrected chi connectivity index (χ1v) is 13.5. The lowest BCUT2D eigenvalue weighted by atomic mass is 9.93. The van der Waals surface area contributed by atoms with Crippen molar-refractivity contribution >= 4 is 80.1 Å². The molecule has 0 fully saturated rings. The van der Waals surface area contributed by atoms with Gasteiger partial charge < -0.3 is 5.73 Å². The summed E-state index contributed by atoms with van der Waals surface area (Å²) in [4.78, 5) is -1.65. The number of hydrogen-bond donors (Lipinski definition) is 4. The summed E-state index contributed by atoms with van der Waals surface area (Å²) in [5.74, 6) is 0. The second kappa shape index (κ2) is 7.84. The van der Waals surface area contributed by atoms with Gasteiger partial charge in [0.15, 0.2) is 6.19 Å². The Labute approximate surface area is 197 Å². The third kappa shape index (κ3) is 3.56. The molecule has 0 aliphatic rings. The van der Waals surface area contributed by atoms with Crippen LogP contribution in [-0.4, -0.2) is 37.3 Å². The molecule has 13 nitrogen and oxygen atoms in total. The van der Waals surface area contributed by atoms with E-state index in [0.717, 1.165) is 12.1 Å². The van der Waals surface area contributed by atoms with Gasteiger partial charge in [-0.1, -0.05) is 33.1 Å². The Morgan fingerprint density at radius 1 is 0.743 bits per heavy atom. The van der Waals surface area contributed by atoms with Crippen molar-refractivity contribution in [3.63, 3.8) is 0 Å². The van der Waals surface area contributed by atoms with E-state index in [-0.39, 0.29) is 38.0 Å². The monoisotopic (exact) mass is 529 g/mol. The number of nitrogens with two attached hydrogens (primary N) is 1. The molecule has 16 heteroatoms. The normalized spacial score (nSPS) is 12.2. The van der Waals surface area contributed by atoms with E-state index in [4.69, 9.17) is 21.8 Å². The standard InChI is InChI=1S/C19H11N7O6S3/c20-7-24-33(27,28)15-5-14(23)10-1-2-12-16(34(29,30)25-8-21)6-17(35(31,32)26-9-22)13-4-3-11(15)18(10)19(12)13/h1-6,20,22,25H,23H2. The Hall–Kier alpha value is -4.38. The summed E-state index contributed by atoms with van der Waals surface area (Å²) >= 11 is 0. The minimum Gasteiger partial charge on any atom is -0.398 e. The van der Waals surface area contributed by atoms with Gasteiger partial charge in [-0.15, -0.1) is 0 Å². The third-order valence-corrected chi connectivity index (χ3v) is 8.90. The topological polar surface area (TPSA) is 237 Å². The van der Waals surface area contributed by atoms with Crippen LogP contribution in [0.15, 0.2) is 59.9 Å². The molecule has 0 atom stereocenters.